The van der Waals surface area contributed by atoms with Gasteiger partial charge in [0.2, 0.25) is 5.91 Å². The Bertz CT molecular complexity index is 407. The summed E-state index contributed by atoms with van der Waals surface area (Å²) in [5.74, 6) is -0.197. The van der Waals surface area contributed by atoms with E-state index < -0.39 is 0 Å². The Balaban J connectivity index is 2.34. The van der Waals surface area contributed by atoms with Gasteiger partial charge in [-0.3, -0.25) is 4.79 Å². The molecule has 0 aromatic heterocycles. The van der Waals surface area contributed by atoms with Crippen LogP contribution in [-0.2, 0) is 4.79 Å². The molecule has 0 saturated carbocycles. The zero-order valence-electron chi connectivity index (χ0n) is 8.71. The van der Waals surface area contributed by atoms with Crippen LogP contribution in [0.2, 0.25) is 0 Å². The van der Waals surface area contributed by atoms with Gasteiger partial charge in [0.15, 0.2) is 0 Å². The van der Waals surface area contributed by atoms with Crippen LogP contribution in [0, 0.1) is 0 Å². The number of benzene rings is 1. The van der Waals surface area contributed by atoms with E-state index >= 15 is 0 Å². The van der Waals surface area contributed by atoms with Crippen LogP contribution in [0.1, 0.15) is 5.56 Å². The van der Waals surface area contributed by atoms with Gasteiger partial charge in [0.05, 0.1) is 0 Å². The molecule has 1 amide bonds. The minimum atomic E-state index is -0.197. The molecule has 0 atom stereocenters. The summed E-state index contributed by atoms with van der Waals surface area (Å²) in [7, 11) is 0. The molecule has 0 heterocycles. The van der Waals surface area contributed by atoms with Crippen LogP contribution in [-0.4, -0.2) is 19.0 Å². The van der Waals surface area contributed by atoms with Crippen molar-refractivity contribution in [2.24, 2.45) is 5.11 Å². The largest absolute Gasteiger partial charge is 0.352 e. The Kier molecular flexibility index (Phi) is 5.23. The highest BCUT2D eigenvalue weighted by Gasteiger charge is 1.92. The number of rotatable bonds is 5. The molecule has 0 saturated heterocycles. The second kappa shape index (κ2) is 7.09. The third-order valence-corrected chi connectivity index (χ3v) is 1.80. The number of hydrogen-bond donors (Lipinski definition) is 1. The predicted octanol–water partition coefficient (Wildman–Crippen LogP) is 2.13. The summed E-state index contributed by atoms with van der Waals surface area (Å²) >= 11 is 0. The normalized spacial score (nSPS) is 9.75. The van der Waals surface area contributed by atoms with Crippen molar-refractivity contribution < 1.29 is 4.79 Å². The van der Waals surface area contributed by atoms with E-state index in [2.05, 4.69) is 15.3 Å². The first-order valence-electron chi connectivity index (χ1n) is 4.85. The highest BCUT2D eigenvalue weighted by atomic mass is 16.1. The summed E-state index contributed by atoms with van der Waals surface area (Å²) in [5, 5.41) is 5.90. The smallest absolute Gasteiger partial charge is 0.243 e. The molecular weight excluding hydrogens is 204 g/mol. The van der Waals surface area contributed by atoms with Crippen molar-refractivity contribution in [3.8, 4) is 0 Å². The summed E-state index contributed by atoms with van der Waals surface area (Å²) in [6.45, 7) is 0.615. The first-order chi connectivity index (χ1) is 7.83. The number of amides is 1. The lowest BCUT2D eigenvalue weighted by Gasteiger charge is -1.97. The molecule has 5 nitrogen and oxygen atoms in total. The number of hydrogen-bond acceptors (Lipinski definition) is 2. The van der Waals surface area contributed by atoms with Crippen molar-refractivity contribution in [2.45, 2.75) is 0 Å². The topological polar surface area (TPSA) is 77.9 Å². The quantitative estimate of drug-likeness (QED) is 0.264. The molecule has 0 bridgehead atoms. The maximum atomic E-state index is 11.2. The molecule has 1 rings (SSSR count). The van der Waals surface area contributed by atoms with Crippen LogP contribution in [0.5, 0.6) is 0 Å². The second-order valence-corrected chi connectivity index (χ2v) is 2.99. The molecule has 1 aromatic carbocycles. The average Bonchev–Trinajstić information content (AvgIpc) is 2.33. The van der Waals surface area contributed by atoms with Crippen molar-refractivity contribution in [3.63, 3.8) is 0 Å². The van der Waals surface area contributed by atoms with Gasteiger partial charge in [0.1, 0.15) is 0 Å². The Morgan fingerprint density at radius 2 is 2.19 bits per heavy atom. The molecule has 0 fully saturated rings. The van der Waals surface area contributed by atoms with Gasteiger partial charge in [-0.1, -0.05) is 35.4 Å². The van der Waals surface area contributed by atoms with E-state index in [-0.39, 0.29) is 12.5 Å². The second-order valence-electron chi connectivity index (χ2n) is 2.99. The monoisotopic (exact) mass is 216 g/mol. The number of carbonyl (C=O) groups is 1. The number of nitrogens with one attached hydrogen (secondary N) is 1. The Morgan fingerprint density at radius 3 is 2.88 bits per heavy atom. The summed E-state index contributed by atoms with van der Waals surface area (Å²) in [5.41, 5.74) is 8.98. The van der Waals surface area contributed by atoms with E-state index in [1.807, 2.05) is 30.3 Å². The zero-order valence-corrected chi connectivity index (χ0v) is 8.71. The van der Waals surface area contributed by atoms with Crippen LogP contribution >= 0.6 is 0 Å². The molecule has 1 N–H and O–H groups in total. The minimum Gasteiger partial charge on any atom is -0.352 e. The molecule has 5 heteroatoms. The molecule has 1 aromatic rings. The van der Waals surface area contributed by atoms with Crippen molar-refractivity contribution in [1.82, 2.24) is 5.32 Å². The summed E-state index contributed by atoms with van der Waals surface area (Å²) < 4.78 is 0. The van der Waals surface area contributed by atoms with Crippen LogP contribution in [0.4, 0.5) is 0 Å². The Labute approximate surface area is 93.4 Å². The number of azide groups is 1. The molecular formula is C11H12N4O. The molecule has 0 aliphatic carbocycles. The molecule has 0 unspecified atom stereocenters. The highest BCUT2D eigenvalue weighted by molar-refractivity contribution is 5.91. The summed E-state index contributed by atoms with van der Waals surface area (Å²) in [6, 6.07) is 9.53. The van der Waals surface area contributed by atoms with Crippen LogP contribution in [0.3, 0.4) is 0 Å². The van der Waals surface area contributed by atoms with Gasteiger partial charge in [-0.25, -0.2) is 0 Å². The van der Waals surface area contributed by atoms with Gasteiger partial charge in [0.25, 0.3) is 0 Å². The van der Waals surface area contributed by atoms with Gasteiger partial charge in [-0.15, -0.1) is 0 Å². The van der Waals surface area contributed by atoms with E-state index in [9.17, 15) is 4.79 Å². The van der Waals surface area contributed by atoms with E-state index in [4.69, 9.17) is 5.53 Å². The zero-order chi connectivity index (χ0) is 11.6. The number of nitrogens with zero attached hydrogens (tertiary/aromatic N) is 3. The fourth-order valence-electron chi connectivity index (χ4n) is 1.07. The van der Waals surface area contributed by atoms with Crippen molar-refractivity contribution in [3.05, 3.63) is 52.4 Å². The fourth-order valence-corrected chi connectivity index (χ4v) is 1.07. The lowest BCUT2D eigenvalue weighted by Crippen LogP contribution is -2.23. The lowest BCUT2D eigenvalue weighted by molar-refractivity contribution is -0.116. The van der Waals surface area contributed by atoms with Crippen LogP contribution in [0.15, 0.2) is 41.5 Å². The molecule has 0 aliphatic heterocycles. The van der Waals surface area contributed by atoms with Gasteiger partial charge in [-0.2, -0.15) is 0 Å². The molecule has 0 aliphatic rings. The van der Waals surface area contributed by atoms with Crippen LogP contribution in [0.25, 0.3) is 16.5 Å². The Morgan fingerprint density at radius 1 is 1.44 bits per heavy atom. The maximum Gasteiger partial charge on any atom is 0.243 e. The maximum absolute atomic E-state index is 11.2. The van der Waals surface area contributed by atoms with E-state index in [1.54, 1.807) is 6.08 Å². The predicted molar refractivity (Wildman–Crippen MR) is 62.5 cm³/mol. The van der Waals surface area contributed by atoms with E-state index in [1.165, 1.54) is 6.08 Å². The minimum absolute atomic E-state index is 0.197. The molecule has 16 heavy (non-hydrogen) atoms. The average molecular weight is 216 g/mol. The van der Waals surface area contributed by atoms with Crippen LogP contribution < -0.4 is 5.32 Å². The van der Waals surface area contributed by atoms with E-state index in [0.29, 0.717) is 6.54 Å². The van der Waals surface area contributed by atoms with Gasteiger partial charge in [0, 0.05) is 24.1 Å². The van der Waals surface area contributed by atoms with Gasteiger partial charge < -0.3 is 5.32 Å². The van der Waals surface area contributed by atoms with E-state index in [0.717, 1.165) is 5.56 Å². The third kappa shape index (κ3) is 4.83. The lowest BCUT2D eigenvalue weighted by atomic mass is 10.2. The fraction of sp³-hybridized carbons (Fsp3) is 0.182. The van der Waals surface area contributed by atoms with Crippen molar-refractivity contribution >= 4 is 12.0 Å². The first-order valence-corrected chi connectivity index (χ1v) is 4.85. The molecule has 82 valence electrons. The third-order valence-electron chi connectivity index (χ3n) is 1.80. The van der Waals surface area contributed by atoms with Crippen molar-refractivity contribution in [1.29, 1.82) is 0 Å². The number of carbonyl (C=O) groups excluding carboxylic acids is 1. The molecule has 0 spiro atoms. The summed E-state index contributed by atoms with van der Waals surface area (Å²) in [4.78, 5) is 13.8. The summed E-state index contributed by atoms with van der Waals surface area (Å²) in [6.07, 6.45) is 3.17. The SMILES string of the molecule is [N-]=[N+]=NCCNC(=O)/C=C/c1ccccc1. The van der Waals surface area contributed by atoms with Gasteiger partial charge in [-0.05, 0) is 17.2 Å². The van der Waals surface area contributed by atoms with Crippen molar-refractivity contribution in [2.75, 3.05) is 13.1 Å². The standard InChI is InChI=1S/C11H12N4O/c12-15-14-9-8-13-11(16)7-6-10-4-2-1-3-5-10/h1-7H,8-9H2,(H,13,16)/b7-6+. The Hall–Kier alpha value is -2.26. The van der Waals surface area contributed by atoms with Gasteiger partial charge >= 0.3 is 0 Å². The first kappa shape index (κ1) is 11.8. The highest BCUT2D eigenvalue weighted by Crippen LogP contribution is 2.00. The molecule has 0 radical (unpaired) electrons.